The Hall–Kier alpha value is -3.01. The van der Waals surface area contributed by atoms with Crippen molar-refractivity contribution in [3.8, 4) is 28.6 Å². The van der Waals surface area contributed by atoms with E-state index in [-0.39, 0.29) is 6.10 Å². The van der Waals surface area contributed by atoms with Gasteiger partial charge in [0.25, 0.3) is 0 Å². The van der Waals surface area contributed by atoms with E-state index in [0.717, 1.165) is 55.8 Å². The Morgan fingerprint density at radius 1 is 1.21 bits per heavy atom. The van der Waals surface area contributed by atoms with Crippen molar-refractivity contribution in [2.45, 2.75) is 31.9 Å². The number of nitriles is 1. The van der Waals surface area contributed by atoms with Crippen molar-refractivity contribution >= 4 is 0 Å². The van der Waals surface area contributed by atoms with Crippen molar-refractivity contribution in [1.82, 2.24) is 20.1 Å². The third-order valence-corrected chi connectivity index (χ3v) is 5.79. The van der Waals surface area contributed by atoms with Crippen molar-refractivity contribution in [2.24, 2.45) is 0 Å². The number of aromatic amines is 1. The molecule has 5 rings (SSSR count). The number of H-pyrrole nitrogens is 1. The van der Waals surface area contributed by atoms with E-state index >= 15 is 0 Å². The molecule has 6 nitrogen and oxygen atoms in total. The largest absolute Gasteiger partial charge is 0.393 e. The molecule has 0 spiro atoms. The highest BCUT2D eigenvalue weighted by atomic mass is 16.3. The molecule has 0 bridgehead atoms. The maximum atomic E-state index is 9.69. The molecule has 1 aromatic carbocycles. The lowest BCUT2D eigenvalue weighted by Crippen LogP contribution is -2.35. The van der Waals surface area contributed by atoms with E-state index in [1.165, 1.54) is 22.3 Å². The molecule has 3 heterocycles. The predicted molar refractivity (Wildman–Crippen MR) is 105 cm³/mol. The van der Waals surface area contributed by atoms with Gasteiger partial charge >= 0.3 is 0 Å². The van der Waals surface area contributed by atoms with Gasteiger partial charge in [-0.25, -0.2) is 4.98 Å². The van der Waals surface area contributed by atoms with Crippen LogP contribution in [-0.2, 0) is 13.0 Å². The van der Waals surface area contributed by atoms with Gasteiger partial charge in [0.15, 0.2) is 0 Å². The van der Waals surface area contributed by atoms with E-state index < -0.39 is 0 Å². The van der Waals surface area contributed by atoms with Crippen LogP contribution >= 0.6 is 0 Å². The standard InChI is InChI=1S/C22H21N5O/c23-11-17-3-2-15(12-24-17)21-20-10-16-9-14(1-4-19(16)22(20)26-25-21)13-27-7-5-18(28)6-8-27/h1-4,9,12,18,28H,5-8,10,13H2,(H,25,26). The van der Waals surface area contributed by atoms with Gasteiger partial charge in [-0.2, -0.15) is 10.4 Å². The molecule has 2 aliphatic rings. The second-order valence-electron chi connectivity index (χ2n) is 7.65. The van der Waals surface area contributed by atoms with Crippen LogP contribution in [0.3, 0.4) is 0 Å². The van der Waals surface area contributed by atoms with E-state index in [1.54, 1.807) is 12.3 Å². The molecule has 1 fully saturated rings. The lowest BCUT2D eigenvalue weighted by atomic mass is 10.0. The molecule has 0 unspecified atom stereocenters. The van der Waals surface area contributed by atoms with Gasteiger partial charge in [-0.15, -0.1) is 0 Å². The monoisotopic (exact) mass is 371 g/mol. The number of nitrogens with zero attached hydrogens (tertiary/aromatic N) is 4. The molecule has 3 aromatic rings. The maximum absolute atomic E-state index is 9.69. The summed E-state index contributed by atoms with van der Waals surface area (Å²) in [5.74, 6) is 0. The van der Waals surface area contributed by atoms with Gasteiger partial charge in [0, 0.05) is 48.9 Å². The minimum Gasteiger partial charge on any atom is -0.393 e. The summed E-state index contributed by atoms with van der Waals surface area (Å²) in [6.45, 7) is 2.84. The molecule has 0 radical (unpaired) electrons. The second kappa shape index (κ2) is 6.86. The van der Waals surface area contributed by atoms with Gasteiger partial charge in [-0.1, -0.05) is 18.2 Å². The van der Waals surface area contributed by atoms with Crippen molar-refractivity contribution in [3.05, 3.63) is 58.9 Å². The van der Waals surface area contributed by atoms with E-state index in [1.807, 2.05) is 6.07 Å². The van der Waals surface area contributed by atoms with Crippen LogP contribution in [-0.4, -0.2) is 44.4 Å². The van der Waals surface area contributed by atoms with Crippen molar-refractivity contribution < 1.29 is 5.11 Å². The first-order chi connectivity index (χ1) is 13.7. The molecule has 6 heteroatoms. The Balaban J connectivity index is 1.38. The van der Waals surface area contributed by atoms with Gasteiger partial charge in [0.05, 0.1) is 17.5 Å². The van der Waals surface area contributed by atoms with E-state index in [9.17, 15) is 5.11 Å². The Kier molecular flexibility index (Phi) is 4.19. The number of hydrogen-bond donors (Lipinski definition) is 2. The zero-order valence-electron chi connectivity index (χ0n) is 15.5. The molecule has 1 aliphatic heterocycles. The highest BCUT2D eigenvalue weighted by Gasteiger charge is 2.26. The van der Waals surface area contributed by atoms with Crippen LogP contribution in [0.25, 0.3) is 22.5 Å². The van der Waals surface area contributed by atoms with Crippen LogP contribution in [0.4, 0.5) is 0 Å². The predicted octanol–water partition coefficient (Wildman–Crippen LogP) is 2.87. The number of benzene rings is 1. The van der Waals surface area contributed by atoms with Gasteiger partial charge in [-0.3, -0.25) is 10.00 Å². The number of likely N-dealkylation sites (tertiary alicyclic amines) is 1. The van der Waals surface area contributed by atoms with Crippen LogP contribution in [0.15, 0.2) is 36.5 Å². The number of fused-ring (bicyclic) bond motifs is 3. The Labute approximate surface area is 163 Å². The number of rotatable bonds is 3. The molecule has 2 aromatic heterocycles. The number of aliphatic hydroxyl groups excluding tert-OH is 1. The molecule has 0 amide bonds. The average Bonchev–Trinajstić information content (AvgIpc) is 3.28. The normalized spacial score (nSPS) is 16.6. The third-order valence-electron chi connectivity index (χ3n) is 5.79. The lowest BCUT2D eigenvalue weighted by Gasteiger charge is -2.29. The van der Waals surface area contributed by atoms with Crippen LogP contribution < -0.4 is 0 Å². The summed E-state index contributed by atoms with van der Waals surface area (Å²) in [4.78, 5) is 6.59. The minimum atomic E-state index is -0.135. The summed E-state index contributed by atoms with van der Waals surface area (Å²) in [7, 11) is 0. The zero-order valence-corrected chi connectivity index (χ0v) is 15.5. The molecule has 1 saturated heterocycles. The quantitative estimate of drug-likeness (QED) is 0.578. The Morgan fingerprint density at radius 2 is 2.07 bits per heavy atom. The second-order valence-corrected chi connectivity index (χ2v) is 7.65. The SMILES string of the molecule is N#Cc1ccc(-c2n[nH]c3c2Cc2cc(CN4CCC(O)CC4)ccc2-3)cn1. The highest BCUT2D eigenvalue weighted by molar-refractivity contribution is 5.81. The summed E-state index contributed by atoms with van der Waals surface area (Å²) in [6.07, 6.45) is 4.16. The summed E-state index contributed by atoms with van der Waals surface area (Å²) >= 11 is 0. The Bertz CT molecular complexity index is 1060. The van der Waals surface area contributed by atoms with Crippen LogP contribution in [0.2, 0.25) is 0 Å². The van der Waals surface area contributed by atoms with Gasteiger partial charge in [0.2, 0.25) is 0 Å². The van der Waals surface area contributed by atoms with Gasteiger partial charge in [-0.05, 0) is 36.1 Å². The van der Waals surface area contributed by atoms with Gasteiger partial charge in [0.1, 0.15) is 11.8 Å². The molecule has 0 atom stereocenters. The first kappa shape index (κ1) is 17.1. The third kappa shape index (κ3) is 2.99. The van der Waals surface area contributed by atoms with Crippen LogP contribution in [0, 0.1) is 11.3 Å². The average molecular weight is 371 g/mol. The van der Waals surface area contributed by atoms with E-state index in [4.69, 9.17) is 5.26 Å². The Morgan fingerprint density at radius 3 is 2.82 bits per heavy atom. The highest BCUT2D eigenvalue weighted by Crippen LogP contribution is 2.40. The molecular formula is C22H21N5O. The topological polar surface area (TPSA) is 88.8 Å². The van der Waals surface area contributed by atoms with E-state index in [2.05, 4.69) is 44.3 Å². The fraction of sp³-hybridized carbons (Fsp3) is 0.318. The number of aliphatic hydroxyl groups is 1. The van der Waals surface area contributed by atoms with E-state index in [0.29, 0.717) is 5.69 Å². The maximum Gasteiger partial charge on any atom is 0.140 e. The first-order valence-electron chi connectivity index (χ1n) is 9.67. The summed E-state index contributed by atoms with van der Waals surface area (Å²) in [6, 6.07) is 12.4. The van der Waals surface area contributed by atoms with Crippen LogP contribution in [0.5, 0.6) is 0 Å². The molecule has 2 N–H and O–H groups in total. The van der Waals surface area contributed by atoms with Crippen molar-refractivity contribution in [2.75, 3.05) is 13.1 Å². The van der Waals surface area contributed by atoms with Crippen LogP contribution in [0.1, 0.15) is 35.2 Å². The molecule has 0 saturated carbocycles. The smallest absolute Gasteiger partial charge is 0.140 e. The number of pyridine rings is 1. The fourth-order valence-electron chi connectivity index (χ4n) is 4.26. The first-order valence-corrected chi connectivity index (χ1v) is 9.67. The number of hydrogen-bond acceptors (Lipinski definition) is 5. The minimum absolute atomic E-state index is 0.135. The molecule has 28 heavy (non-hydrogen) atoms. The lowest BCUT2D eigenvalue weighted by molar-refractivity contribution is 0.0792. The number of aromatic nitrogens is 3. The van der Waals surface area contributed by atoms with Crippen molar-refractivity contribution in [3.63, 3.8) is 0 Å². The fourth-order valence-corrected chi connectivity index (χ4v) is 4.26. The summed E-state index contributed by atoms with van der Waals surface area (Å²) in [5, 5.41) is 26.3. The summed E-state index contributed by atoms with van der Waals surface area (Å²) in [5.41, 5.74) is 8.38. The summed E-state index contributed by atoms with van der Waals surface area (Å²) < 4.78 is 0. The molecule has 140 valence electrons. The molecule has 1 aliphatic carbocycles. The van der Waals surface area contributed by atoms with Gasteiger partial charge < -0.3 is 5.11 Å². The number of nitrogens with one attached hydrogen (secondary N) is 1. The zero-order chi connectivity index (χ0) is 19.1. The van der Waals surface area contributed by atoms with Crippen molar-refractivity contribution in [1.29, 1.82) is 5.26 Å². The molecular weight excluding hydrogens is 350 g/mol. The number of piperidine rings is 1.